The number of nitrogens with zero attached hydrogens (tertiary/aromatic N) is 2. The Labute approximate surface area is 191 Å². The molecule has 1 aromatic carbocycles. The van der Waals surface area contributed by atoms with Crippen LogP contribution in [0.25, 0.3) is 0 Å². The highest BCUT2D eigenvalue weighted by Gasteiger charge is 2.28. The number of hydrogen-bond donors (Lipinski definition) is 1. The first-order valence-electron chi connectivity index (χ1n) is 11.5. The molecule has 0 unspecified atom stereocenters. The Bertz CT molecular complexity index is 934. The number of aryl methyl sites for hydroxylation is 1. The fourth-order valence-corrected chi connectivity index (χ4v) is 4.28. The second-order valence-corrected chi connectivity index (χ2v) is 8.96. The molecule has 0 radical (unpaired) electrons. The van der Waals surface area contributed by atoms with Crippen molar-refractivity contribution in [2.75, 3.05) is 26.7 Å². The van der Waals surface area contributed by atoms with Crippen LogP contribution in [0.5, 0.6) is 5.75 Å². The maximum atomic E-state index is 13.0. The van der Waals surface area contributed by atoms with Gasteiger partial charge >= 0.3 is 0 Å². The highest BCUT2D eigenvalue weighted by molar-refractivity contribution is 5.95. The zero-order valence-electron chi connectivity index (χ0n) is 19.7. The van der Waals surface area contributed by atoms with Gasteiger partial charge in [-0.3, -0.25) is 14.6 Å². The molecule has 1 aliphatic rings. The van der Waals surface area contributed by atoms with Gasteiger partial charge < -0.3 is 15.0 Å². The first-order valence-corrected chi connectivity index (χ1v) is 11.5. The second kappa shape index (κ2) is 11.1. The average molecular weight is 438 g/mol. The minimum absolute atomic E-state index is 0.0966. The predicted octanol–water partition coefficient (Wildman–Crippen LogP) is 4.12. The highest BCUT2D eigenvalue weighted by atomic mass is 16.5. The van der Waals surface area contributed by atoms with Gasteiger partial charge in [-0.15, -0.1) is 0 Å². The third kappa shape index (κ3) is 6.09. The van der Waals surface area contributed by atoms with Gasteiger partial charge in [0.15, 0.2) is 0 Å². The Balaban J connectivity index is 1.63. The summed E-state index contributed by atoms with van der Waals surface area (Å²) in [7, 11) is 1.66. The van der Waals surface area contributed by atoms with Crippen LogP contribution in [-0.4, -0.2) is 48.4 Å². The van der Waals surface area contributed by atoms with E-state index in [1.54, 1.807) is 7.11 Å². The average Bonchev–Trinajstić information content (AvgIpc) is 2.79. The number of rotatable bonds is 8. The number of methoxy groups -OCH3 is 1. The molecular formula is C26H35N3O3. The standard InChI is InChI=1S/C26H35N3O3/c1-18(2)17-24(30)29-15-12-21(13-16-29)25-22(10-9-19(3)28-25)26(31)27-14-11-20-7-5-6-8-23(20)32-4/h5-10,18,21H,11-17H2,1-4H3,(H,27,31). The molecule has 3 rings (SSSR count). The molecule has 6 heteroatoms. The van der Waals surface area contributed by atoms with Crippen molar-refractivity contribution in [3.8, 4) is 5.75 Å². The molecule has 0 aliphatic carbocycles. The Kier molecular flexibility index (Phi) is 8.26. The van der Waals surface area contributed by atoms with Crippen molar-refractivity contribution < 1.29 is 14.3 Å². The van der Waals surface area contributed by atoms with Crippen LogP contribution in [0.3, 0.4) is 0 Å². The molecule has 172 valence electrons. The Morgan fingerprint density at radius 2 is 1.88 bits per heavy atom. The number of amides is 2. The van der Waals surface area contributed by atoms with Gasteiger partial charge in [-0.1, -0.05) is 32.0 Å². The third-order valence-corrected chi connectivity index (χ3v) is 6.00. The third-order valence-electron chi connectivity index (χ3n) is 6.00. The van der Waals surface area contributed by atoms with Gasteiger partial charge in [-0.05, 0) is 55.9 Å². The summed E-state index contributed by atoms with van der Waals surface area (Å²) in [6.07, 6.45) is 2.96. The summed E-state index contributed by atoms with van der Waals surface area (Å²) in [5.41, 5.74) is 3.47. The molecule has 1 aliphatic heterocycles. The first-order chi connectivity index (χ1) is 15.4. The molecule has 0 bridgehead atoms. The lowest BCUT2D eigenvalue weighted by atomic mass is 9.89. The first kappa shape index (κ1) is 23.8. The topological polar surface area (TPSA) is 71.5 Å². The van der Waals surface area contributed by atoms with E-state index in [2.05, 4.69) is 19.2 Å². The number of piperidine rings is 1. The van der Waals surface area contributed by atoms with Gasteiger partial charge in [0, 0.05) is 37.7 Å². The van der Waals surface area contributed by atoms with Gasteiger partial charge in [0.1, 0.15) is 5.75 Å². The molecule has 2 aromatic rings. The minimum Gasteiger partial charge on any atom is -0.496 e. The van der Waals surface area contributed by atoms with Gasteiger partial charge in [-0.25, -0.2) is 0 Å². The van der Waals surface area contributed by atoms with Crippen molar-refractivity contribution in [1.82, 2.24) is 15.2 Å². The summed E-state index contributed by atoms with van der Waals surface area (Å²) in [4.78, 5) is 32.1. The van der Waals surface area contributed by atoms with Gasteiger partial charge in [0.05, 0.1) is 18.4 Å². The van der Waals surface area contributed by atoms with Gasteiger partial charge in [-0.2, -0.15) is 0 Å². The molecule has 1 aromatic heterocycles. The quantitative estimate of drug-likeness (QED) is 0.674. The number of ether oxygens (including phenoxy) is 1. The van der Waals surface area contributed by atoms with Crippen LogP contribution in [0.1, 0.15) is 66.3 Å². The summed E-state index contributed by atoms with van der Waals surface area (Å²) in [6.45, 7) is 8.06. The van der Waals surface area contributed by atoms with Crippen molar-refractivity contribution >= 4 is 11.8 Å². The van der Waals surface area contributed by atoms with Crippen LogP contribution in [0.4, 0.5) is 0 Å². The van der Waals surface area contributed by atoms with E-state index in [0.717, 1.165) is 48.6 Å². The molecule has 2 amide bonds. The fourth-order valence-electron chi connectivity index (χ4n) is 4.28. The van der Waals surface area contributed by atoms with Crippen LogP contribution in [0.2, 0.25) is 0 Å². The summed E-state index contributed by atoms with van der Waals surface area (Å²) >= 11 is 0. The molecule has 1 saturated heterocycles. The van der Waals surface area contributed by atoms with Gasteiger partial charge in [0.25, 0.3) is 5.91 Å². The number of aromatic nitrogens is 1. The van der Waals surface area contributed by atoms with Crippen molar-refractivity contribution in [1.29, 1.82) is 0 Å². The number of pyridine rings is 1. The van der Waals surface area contributed by atoms with E-state index in [1.807, 2.05) is 48.2 Å². The number of benzene rings is 1. The molecule has 32 heavy (non-hydrogen) atoms. The molecule has 0 spiro atoms. The van der Waals surface area contributed by atoms with E-state index < -0.39 is 0 Å². The molecule has 6 nitrogen and oxygen atoms in total. The maximum Gasteiger partial charge on any atom is 0.253 e. The normalized spacial score (nSPS) is 14.5. The van der Waals surface area contributed by atoms with E-state index in [4.69, 9.17) is 9.72 Å². The van der Waals surface area contributed by atoms with Crippen molar-refractivity contribution in [2.45, 2.75) is 52.4 Å². The Hall–Kier alpha value is -2.89. The SMILES string of the molecule is COc1ccccc1CCNC(=O)c1ccc(C)nc1C1CCN(C(=O)CC(C)C)CC1. The predicted molar refractivity (Wildman–Crippen MR) is 126 cm³/mol. The minimum atomic E-state index is -0.0966. The van der Waals surface area contributed by atoms with Crippen LogP contribution < -0.4 is 10.1 Å². The molecule has 0 saturated carbocycles. The summed E-state index contributed by atoms with van der Waals surface area (Å²) in [5, 5.41) is 3.05. The van der Waals surface area contributed by atoms with E-state index in [1.165, 1.54) is 0 Å². The fraction of sp³-hybridized carbons (Fsp3) is 0.500. The largest absolute Gasteiger partial charge is 0.496 e. The number of carbonyl (C=O) groups is 2. The summed E-state index contributed by atoms with van der Waals surface area (Å²) in [5.74, 6) is 1.52. The number of para-hydroxylation sites is 1. The van der Waals surface area contributed by atoms with E-state index in [9.17, 15) is 9.59 Å². The number of nitrogens with one attached hydrogen (secondary N) is 1. The molecule has 1 fully saturated rings. The smallest absolute Gasteiger partial charge is 0.253 e. The summed E-state index contributed by atoms with van der Waals surface area (Å²) in [6, 6.07) is 11.6. The Morgan fingerprint density at radius 1 is 1.16 bits per heavy atom. The lowest BCUT2D eigenvalue weighted by Crippen LogP contribution is -2.39. The lowest BCUT2D eigenvalue weighted by molar-refractivity contribution is -0.133. The van der Waals surface area contributed by atoms with Gasteiger partial charge in [0.2, 0.25) is 5.91 Å². The zero-order valence-corrected chi connectivity index (χ0v) is 19.7. The van der Waals surface area contributed by atoms with Crippen LogP contribution >= 0.6 is 0 Å². The molecule has 1 N–H and O–H groups in total. The monoisotopic (exact) mass is 437 g/mol. The maximum absolute atomic E-state index is 13.0. The summed E-state index contributed by atoms with van der Waals surface area (Å²) < 4.78 is 5.39. The molecular weight excluding hydrogens is 402 g/mol. The van der Waals surface area contributed by atoms with Crippen molar-refractivity contribution in [2.24, 2.45) is 5.92 Å². The zero-order chi connectivity index (χ0) is 23.1. The van der Waals surface area contributed by atoms with E-state index >= 15 is 0 Å². The van der Waals surface area contributed by atoms with Crippen LogP contribution in [-0.2, 0) is 11.2 Å². The van der Waals surface area contributed by atoms with Crippen LogP contribution in [0.15, 0.2) is 36.4 Å². The number of carbonyl (C=O) groups excluding carboxylic acids is 2. The second-order valence-electron chi connectivity index (χ2n) is 8.96. The highest BCUT2D eigenvalue weighted by Crippen LogP contribution is 2.30. The molecule has 2 heterocycles. The number of hydrogen-bond acceptors (Lipinski definition) is 4. The lowest BCUT2D eigenvalue weighted by Gasteiger charge is -2.33. The van der Waals surface area contributed by atoms with E-state index in [-0.39, 0.29) is 17.7 Å². The van der Waals surface area contributed by atoms with Crippen LogP contribution in [0, 0.1) is 12.8 Å². The van der Waals surface area contributed by atoms with Crippen molar-refractivity contribution in [3.05, 3.63) is 58.9 Å². The number of likely N-dealkylation sites (tertiary alicyclic amines) is 1. The van der Waals surface area contributed by atoms with Crippen molar-refractivity contribution in [3.63, 3.8) is 0 Å². The molecule has 0 atom stereocenters. The Morgan fingerprint density at radius 3 is 2.56 bits per heavy atom. The van der Waals surface area contributed by atoms with E-state index in [0.29, 0.717) is 30.9 Å².